The van der Waals surface area contributed by atoms with Crippen LogP contribution in [0.2, 0.25) is 0 Å². The predicted molar refractivity (Wildman–Crippen MR) is 90.8 cm³/mol. The number of carbonyl (C=O) groups is 1. The summed E-state index contributed by atoms with van der Waals surface area (Å²) in [5.41, 5.74) is 1.53. The van der Waals surface area contributed by atoms with Crippen LogP contribution in [0.3, 0.4) is 0 Å². The third-order valence-electron chi connectivity index (χ3n) is 4.84. The number of hydrogen-bond donors (Lipinski definition) is 0. The number of hydrogen-bond acceptors (Lipinski definition) is 4. The number of sulfonamides is 1. The number of rotatable bonds is 3. The molecule has 3 rings (SSSR count). The number of ether oxygens (including phenoxy) is 1. The molecule has 1 heterocycles. The van der Waals surface area contributed by atoms with Crippen molar-refractivity contribution in [3.63, 3.8) is 0 Å². The van der Waals surface area contributed by atoms with E-state index >= 15 is 0 Å². The van der Waals surface area contributed by atoms with E-state index in [9.17, 15) is 13.2 Å². The van der Waals surface area contributed by atoms with Gasteiger partial charge >= 0.3 is 5.97 Å². The molecule has 2 aliphatic rings. The fourth-order valence-electron chi connectivity index (χ4n) is 3.37. The number of benzene rings is 1. The largest absolute Gasteiger partial charge is 0.466 e. The van der Waals surface area contributed by atoms with Gasteiger partial charge in [-0.05, 0) is 37.5 Å². The van der Waals surface area contributed by atoms with Gasteiger partial charge in [0.1, 0.15) is 0 Å². The lowest BCUT2D eigenvalue weighted by Gasteiger charge is -2.24. The molecule has 1 aromatic rings. The molecule has 1 aromatic carbocycles. The zero-order chi connectivity index (χ0) is 17.4. The molecular weight excluding hydrogens is 326 g/mol. The molecule has 0 bridgehead atoms. The molecule has 24 heavy (non-hydrogen) atoms. The molecule has 1 aliphatic heterocycles. The third-order valence-corrected chi connectivity index (χ3v) is 6.65. The van der Waals surface area contributed by atoms with Crippen molar-refractivity contribution in [1.82, 2.24) is 4.31 Å². The number of esters is 1. The van der Waals surface area contributed by atoms with Gasteiger partial charge < -0.3 is 4.74 Å². The van der Waals surface area contributed by atoms with E-state index in [0.717, 1.165) is 24.0 Å². The summed E-state index contributed by atoms with van der Waals surface area (Å²) in [6.07, 6.45) is 7.05. The standard InChI is InChI=1S/C18H21NO4S/c1-14-5-7-16(8-6-14)24(21,22)19-12-15(11-17(20)23-2)18(13-19)9-3-4-10-18/h3-8,11H,9-10,12-13H2,1-2H3/b15-11+. The van der Waals surface area contributed by atoms with E-state index in [0.29, 0.717) is 6.54 Å². The highest BCUT2D eigenvalue weighted by Crippen LogP contribution is 2.47. The van der Waals surface area contributed by atoms with Crippen LogP contribution in [0, 0.1) is 12.3 Å². The van der Waals surface area contributed by atoms with Gasteiger partial charge in [-0.25, -0.2) is 13.2 Å². The Morgan fingerprint density at radius 3 is 2.42 bits per heavy atom. The second-order valence-corrected chi connectivity index (χ2v) is 8.38. The van der Waals surface area contributed by atoms with Gasteiger partial charge in [0, 0.05) is 24.6 Å². The number of nitrogens with zero attached hydrogens (tertiary/aromatic N) is 1. The van der Waals surface area contributed by atoms with Crippen LogP contribution in [-0.2, 0) is 19.6 Å². The molecule has 1 fully saturated rings. The summed E-state index contributed by atoms with van der Waals surface area (Å²) in [4.78, 5) is 12.0. The van der Waals surface area contributed by atoms with E-state index in [2.05, 4.69) is 0 Å². The Bertz CT molecular complexity index is 798. The lowest BCUT2D eigenvalue weighted by atomic mass is 9.80. The molecule has 1 aliphatic carbocycles. The lowest BCUT2D eigenvalue weighted by molar-refractivity contribution is -0.134. The van der Waals surface area contributed by atoms with E-state index in [1.165, 1.54) is 17.5 Å². The van der Waals surface area contributed by atoms with Gasteiger partial charge in [0.15, 0.2) is 0 Å². The molecule has 0 saturated carbocycles. The van der Waals surface area contributed by atoms with Crippen molar-refractivity contribution in [2.75, 3.05) is 20.2 Å². The summed E-state index contributed by atoms with van der Waals surface area (Å²) in [5, 5.41) is 0. The summed E-state index contributed by atoms with van der Waals surface area (Å²) in [6.45, 7) is 2.54. The molecule has 1 spiro atoms. The highest BCUT2D eigenvalue weighted by Gasteiger charge is 2.46. The van der Waals surface area contributed by atoms with Gasteiger partial charge in [0.2, 0.25) is 10.0 Å². The minimum absolute atomic E-state index is 0.229. The summed E-state index contributed by atoms with van der Waals surface area (Å²) in [6, 6.07) is 6.85. The van der Waals surface area contributed by atoms with E-state index in [1.807, 2.05) is 19.1 Å². The Morgan fingerprint density at radius 1 is 1.21 bits per heavy atom. The molecule has 0 amide bonds. The zero-order valence-corrected chi connectivity index (χ0v) is 14.7. The van der Waals surface area contributed by atoms with Crippen molar-refractivity contribution in [2.45, 2.75) is 24.7 Å². The maximum atomic E-state index is 12.9. The van der Waals surface area contributed by atoms with Crippen LogP contribution in [-0.4, -0.2) is 38.9 Å². The summed E-state index contributed by atoms with van der Waals surface area (Å²) >= 11 is 0. The Morgan fingerprint density at radius 2 is 1.83 bits per heavy atom. The van der Waals surface area contributed by atoms with Crippen molar-refractivity contribution in [3.05, 3.63) is 53.6 Å². The fraction of sp³-hybridized carbons (Fsp3) is 0.389. The third kappa shape index (κ3) is 2.91. The van der Waals surface area contributed by atoms with E-state index in [4.69, 9.17) is 4.74 Å². The Balaban J connectivity index is 1.94. The molecule has 5 nitrogen and oxygen atoms in total. The topological polar surface area (TPSA) is 63.7 Å². The molecule has 1 saturated heterocycles. The quantitative estimate of drug-likeness (QED) is 0.479. The van der Waals surface area contributed by atoms with Crippen molar-refractivity contribution < 1.29 is 17.9 Å². The zero-order valence-electron chi connectivity index (χ0n) is 13.9. The van der Waals surface area contributed by atoms with Crippen molar-refractivity contribution >= 4 is 16.0 Å². The minimum Gasteiger partial charge on any atom is -0.466 e. The smallest absolute Gasteiger partial charge is 0.330 e. The molecule has 0 N–H and O–H groups in total. The van der Waals surface area contributed by atoms with E-state index < -0.39 is 16.0 Å². The Kier molecular flexibility index (Phi) is 4.36. The maximum Gasteiger partial charge on any atom is 0.330 e. The monoisotopic (exact) mass is 347 g/mol. The second-order valence-electron chi connectivity index (χ2n) is 6.44. The highest BCUT2D eigenvalue weighted by atomic mass is 32.2. The average molecular weight is 347 g/mol. The van der Waals surface area contributed by atoms with Gasteiger partial charge in [0.05, 0.1) is 12.0 Å². The lowest BCUT2D eigenvalue weighted by Crippen LogP contribution is -2.31. The normalized spacial score (nSPS) is 21.7. The summed E-state index contributed by atoms with van der Waals surface area (Å²) in [7, 11) is -2.25. The first kappa shape index (κ1) is 16.9. The highest BCUT2D eigenvalue weighted by molar-refractivity contribution is 7.89. The van der Waals surface area contributed by atoms with Crippen LogP contribution in [0.5, 0.6) is 0 Å². The van der Waals surface area contributed by atoms with Crippen LogP contribution in [0.1, 0.15) is 18.4 Å². The number of methoxy groups -OCH3 is 1. The van der Waals surface area contributed by atoms with Crippen molar-refractivity contribution in [1.29, 1.82) is 0 Å². The molecule has 0 atom stereocenters. The number of carbonyl (C=O) groups excluding carboxylic acids is 1. The summed E-state index contributed by atoms with van der Waals surface area (Å²) < 4.78 is 32.1. The SMILES string of the molecule is COC(=O)/C=C1\CN(S(=O)(=O)c2ccc(C)cc2)CC12CC=CC2. The molecular formula is C18H21NO4S. The maximum absolute atomic E-state index is 12.9. The van der Waals surface area contributed by atoms with Gasteiger partial charge in [-0.15, -0.1) is 0 Å². The molecule has 0 radical (unpaired) electrons. The van der Waals surface area contributed by atoms with Crippen LogP contribution < -0.4 is 0 Å². The van der Waals surface area contributed by atoms with Gasteiger partial charge in [-0.1, -0.05) is 29.8 Å². The summed E-state index contributed by atoms with van der Waals surface area (Å²) in [5.74, 6) is -0.439. The van der Waals surface area contributed by atoms with Crippen molar-refractivity contribution in [2.24, 2.45) is 5.41 Å². The Hall–Kier alpha value is -1.92. The Labute approximate surface area is 142 Å². The van der Waals surface area contributed by atoms with E-state index in [-0.39, 0.29) is 16.9 Å². The van der Waals surface area contributed by atoms with Crippen LogP contribution in [0.4, 0.5) is 0 Å². The number of allylic oxidation sites excluding steroid dienone is 2. The molecule has 0 aromatic heterocycles. The first-order chi connectivity index (χ1) is 11.4. The van der Waals surface area contributed by atoms with Crippen LogP contribution >= 0.6 is 0 Å². The molecule has 128 valence electrons. The van der Waals surface area contributed by atoms with Crippen LogP contribution in [0.15, 0.2) is 53.0 Å². The fourth-order valence-corrected chi connectivity index (χ4v) is 4.88. The van der Waals surface area contributed by atoms with Crippen LogP contribution in [0.25, 0.3) is 0 Å². The van der Waals surface area contributed by atoms with Crippen molar-refractivity contribution in [3.8, 4) is 0 Å². The minimum atomic E-state index is -3.58. The average Bonchev–Trinajstić information content (AvgIpc) is 3.17. The first-order valence-electron chi connectivity index (χ1n) is 7.88. The van der Waals surface area contributed by atoms with Gasteiger partial charge in [-0.2, -0.15) is 4.31 Å². The van der Waals surface area contributed by atoms with Gasteiger partial charge in [-0.3, -0.25) is 0 Å². The first-order valence-corrected chi connectivity index (χ1v) is 9.32. The molecule has 0 unspecified atom stereocenters. The second kappa shape index (κ2) is 6.18. The van der Waals surface area contributed by atoms with E-state index in [1.54, 1.807) is 24.3 Å². The molecule has 6 heteroatoms. The predicted octanol–water partition coefficient (Wildman–Crippen LogP) is 2.44. The number of aryl methyl sites for hydroxylation is 1. The van der Waals surface area contributed by atoms with Gasteiger partial charge in [0.25, 0.3) is 0 Å².